The number of aromatic nitrogens is 4. The minimum absolute atomic E-state index is 0.218. The highest BCUT2D eigenvalue weighted by atomic mass is 16.3. The van der Waals surface area contributed by atoms with Crippen molar-refractivity contribution < 1.29 is 5.11 Å². The van der Waals surface area contributed by atoms with Crippen molar-refractivity contribution in [3.63, 3.8) is 0 Å². The maximum atomic E-state index is 10.3. The van der Waals surface area contributed by atoms with Crippen LogP contribution in [0.5, 0.6) is 5.75 Å². The van der Waals surface area contributed by atoms with E-state index in [2.05, 4.69) is 157 Å². The van der Waals surface area contributed by atoms with Crippen LogP contribution in [0.25, 0.3) is 90.9 Å². The fraction of sp³-hybridized carbons (Fsp3) is 0.170. The summed E-state index contributed by atoms with van der Waals surface area (Å²) in [5.74, 6) is 0.218. The van der Waals surface area contributed by atoms with Gasteiger partial charge in [0.05, 0.1) is 22.8 Å². The molecule has 8 bridgehead atoms. The average molecular weight is 757 g/mol. The molecule has 0 aliphatic carbocycles. The number of phenolic OH excluding ortho intramolecular Hbond substituents is 1. The Morgan fingerprint density at radius 3 is 0.931 bits per heavy atom. The second-order valence-electron chi connectivity index (χ2n) is 16.4. The summed E-state index contributed by atoms with van der Waals surface area (Å²) >= 11 is 0. The third kappa shape index (κ3) is 6.28. The minimum Gasteiger partial charge on any atom is -0.508 e. The maximum absolute atomic E-state index is 10.3. The molecule has 286 valence electrons. The largest absolute Gasteiger partial charge is 0.508 e. The molecule has 0 amide bonds. The van der Waals surface area contributed by atoms with E-state index in [-0.39, 0.29) is 5.75 Å². The molecule has 4 aromatic carbocycles. The van der Waals surface area contributed by atoms with Gasteiger partial charge >= 0.3 is 0 Å². The van der Waals surface area contributed by atoms with Crippen LogP contribution >= 0.6 is 0 Å². The lowest BCUT2D eigenvalue weighted by atomic mass is 9.92. The fourth-order valence-electron chi connectivity index (χ4n) is 9.65. The van der Waals surface area contributed by atoms with Crippen molar-refractivity contribution in [1.29, 1.82) is 0 Å². The van der Waals surface area contributed by atoms with E-state index in [1.54, 1.807) is 12.1 Å². The standard InChI is InChI=1S/C53H48N4O/c1-28-22-31(4)47(32(5)23-28)51-41-16-14-39(54-41)50(37-10-12-38(58)13-11-37)40-15-17-42(55-40)52(48-33(6)24-29(2)25-34(48)7)44-19-21-46(57-44)53(45-20-18-43(51)56-45)49-35(8)26-30(3)27-36(49)9/h10-27,54,57-58H,1-9H3. The number of hydrogen-bond acceptors (Lipinski definition) is 3. The highest BCUT2D eigenvalue weighted by Gasteiger charge is 2.22. The lowest BCUT2D eigenvalue weighted by molar-refractivity contribution is 0.475. The van der Waals surface area contributed by atoms with E-state index in [1.165, 1.54) is 66.8 Å². The molecule has 5 nitrogen and oxygen atoms in total. The predicted molar refractivity (Wildman–Crippen MR) is 245 cm³/mol. The first-order chi connectivity index (χ1) is 27.8. The van der Waals surface area contributed by atoms with Crippen molar-refractivity contribution in [2.45, 2.75) is 62.3 Å². The molecule has 0 atom stereocenters. The number of nitrogens with zero attached hydrogens (tertiary/aromatic N) is 2. The van der Waals surface area contributed by atoms with Crippen molar-refractivity contribution >= 4 is 46.4 Å². The Balaban J connectivity index is 1.53. The van der Waals surface area contributed by atoms with Crippen LogP contribution in [0.2, 0.25) is 0 Å². The third-order valence-corrected chi connectivity index (χ3v) is 11.7. The Labute approximate surface area is 340 Å². The van der Waals surface area contributed by atoms with Crippen LogP contribution in [0, 0.1) is 62.3 Å². The smallest absolute Gasteiger partial charge is 0.115 e. The van der Waals surface area contributed by atoms with Crippen LogP contribution in [0.1, 0.15) is 72.8 Å². The summed E-state index contributed by atoms with van der Waals surface area (Å²) in [5, 5.41) is 10.3. The molecule has 2 aliphatic heterocycles. The van der Waals surface area contributed by atoms with Gasteiger partial charge in [-0.15, -0.1) is 0 Å². The van der Waals surface area contributed by atoms with Gasteiger partial charge in [-0.25, -0.2) is 9.97 Å². The average Bonchev–Trinajstić information content (AvgIpc) is 3.99. The van der Waals surface area contributed by atoms with E-state index in [0.717, 1.165) is 72.7 Å². The molecule has 0 radical (unpaired) electrons. The first-order valence-corrected chi connectivity index (χ1v) is 20.0. The fourth-order valence-corrected chi connectivity index (χ4v) is 9.65. The Hall–Kier alpha value is -6.72. The van der Waals surface area contributed by atoms with Crippen LogP contribution in [0.15, 0.2) is 84.9 Å². The molecule has 7 aromatic rings. The zero-order chi connectivity index (χ0) is 40.6. The lowest BCUT2D eigenvalue weighted by Gasteiger charge is -2.14. The van der Waals surface area contributed by atoms with E-state index >= 15 is 0 Å². The van der Waals surface area contributed by atoms with Gasteiger partial charge in [-0.05, 0) is 179 Å². The summed E-state index contributed by atoms with van der Waals surface area (Å²) in [6, 6.07) is 29.7. The number of hydrogen-bond donors (Lipinski definition) is 3. The molecule has 3 N–H and O–H groups in total. The van der Waals surface area contributed by atoms with Gasteiger partial charge in [0.25, 0.3) is 0 Å². The number of nitrogens with one attached hydrogen (secondary N) is 2. The molecule has 9 rings (SSSR count). The highest BCUT2D eigenvalue weighted by molar-refractivity contribution is 6.01. The molecule has 0 unspecified atom stereocenters. The predicted octanol–water partition coefficient (Wildman–Crippen LogP) is 13.8. The number of aromatic amines is 2. The van der Waals surface area contributed by atoms with Gasteiger partial charge in [-0.1, -0.05) is 65.2 Å². The monoisotopic (exact) mass is 756 g/mol. The van der Waals surface area contributed by atoms with Gasteiger partial charge in [-0.3, -0.25) is 0 Å². The number of aryl methyl sites for hydroxylation is 9. The summed E-state index contributed by atoms with van der Waals surface area (Å²) in [7, 11) is 0. The molecule has 5 heterocycles. The van der Waals surface area contributed by atoms with E-state index in [4.69, 9.17) is 9.97 Å². The van der Waals surface area contributed by atoms with E-state index in [1.807, 2.05) is 12.1 Å². The van der Waals surface area contributed by atoms with Crippen LogP contribution in [0.3, 0.4) is 0 Å². The number of phenols is 1. The summed E-state index contributed by atoms with van der Waals surface area (Å²) in [6.45, 7) is 19.7. The molecular weight excluding hydrogens is 709 g/mol. The minimum atomic E-state index is 0.218. The summed E-state index contributed by atoms with van der Waals surface area (Å²) in [5.41, 5.74) is 26.9. The van der Waals surface area contributed by atoms with Gasteiger partial charge < -0.3 is 15.1 Å². The number of fused-ring (bicyclic) bond motifs is 8. The van der Waals surface area contributed by atoms with Crippen molar-refractivity contribution in [1.82, 2.24) is 19.9 Å². The van der Waals surface area contributed by atoms with E-state index in [0.29, 0.717) is 0 Å². The number of aromatic hydroxyl groups is 1. The van der Waals surface area contributed by atoms with Crippen LogP contribution in [0.4, 0.5) is 0 Å². The van der Waals surface area contributed by atoms with Crippen LogP contribution < -0.4 is 0 Å². The van der Waals surface area contributed by atoms with E-state index < -0.39 is 0 Å². The zero-order valence-electron chi connectivity index (χ0n) is 34.7. The first kappa shape index (κ1) is 36.9. The molecule has 0 fully saturated rings. The molecule has 5 heteroatoms. The normalized spacial score (nSPS) is 12.2. The Morgan fingerprint density at radius 1 is 0.345 bits per heavy atom. The van der Waals surface area contributed by atoms with Gasteiger partial charge in [-0.2, -0.15) is 0 Å². The van der Waals surface area contributed by atoms with Crippen LogP contribution in [-0.4, -0.2) is 25.0 Å². The zero-order valence-corrected chi connectivity index (χ0v) is 34.7. The third-order valence-electron chi connectivity index (χ3n) is 11.7. The molecule has 58 heavy (non-hydrogen) atoms. The molecule has 0 saturated heterocycles. The number of rotatable bonds is 4. The second-order valence-corrected chi connectivity index (χ2v) is 16.4. The number of benzene rings is 4. The molecule has 2 aliphatic rings. The number of H-pyrrole nitrogens is 2. The Bertz CT molecular complexity index is 2970. The second kappa shape index (κ2) is 14.0. The quantitative estimate of drug-likeness (QED) is 0.167. The van der Waals surface area contributed by atoms with Gasteiger partial charge in [0, 0.05) is 44.3 Å². The van der Waals surface area contributed by atoms with Crippen molar-refractivity contribution in [3.8, 4) is 50.3 Å². The summed E-state index contributed by atoms with van der Waals surface area (Å²) < 4.78 is 0. The Morgan fingerprint density at radius 2 is 0.621 bits per heavy atom. The molecule has 0 saturated carbocycles. The van der Waals surface area contributed by atoms with E-state index in [9.17, 15) is 5.11 Å². The van der Waals surface area contributed by atoms with Crippen LogP contribution in [-0.2, 0) is 0 Å². The van der Waals surface area contributed by atoms with Gasteiger partial charge in [0.1, 0.15) is 5.75 Å². The molecular formula is C53H48N4O. The maximum Gasteiger partial charge on any atom is 0.115 e. The summed E-state index contributed by atoms with van der Waals surface area (Å²) in [4.78, 5) is 18.9. The Kier molecular flexibility index (Phi) is 8.93. The highest BCUT2D eigenvalue weighted by Crippen LogP contribution is 2.42. The van der Waals surface area contributed by atoms with Crippen molar-refractivity contribution in [2.75, 3.05) is 0 Å². The van der Waals surface area contributed by atoms with Gasteiger partial charge in [0.15, 0.2) is 0 Å². The molecule has 3 aromatic heterocycles. The first-order valence-electron chi connectivity index (χ1n) is 20.0. The SMILES string of the molecule is Cc1cc(C)c(-c2c3nc(c(-c4c(C)cc(C)cc4C)c4ccc([nH]4)c(-c4c(C)cc(C)cc4C)c4nc(c(-c5ccc(O)cc5)c5ccc2[nH]5)C=C4)C=C3)c(C)c1. The van der Waals surface area contributed by atoms with Crippen molar-refractivity contribution in [3.05, 3.63) is 158 Å². The molecule has 0 spiro atoms. The topological polar surface area (TPSA) is 77.6 Å². The summed E-state index contributed by atoms with van der Waals surface area (Å²) in [6.07, 6.45) is 8.63. The van der Waals surface area contributed by atoms with Gasteiger partial charge in [0.2, 0.25) is 0 Å². The van der Waals surface area contributed by atoms with Crippen molar-refractivity contribution in [2.24, 2.45) is 0 Å². The lowest BCUT2D eigenvalue weighted by Crippen LogP contribution is -1.96.